The van der Waals surface area contributed by atoms with Crippen LogP contribution in [0.2, 0.25) is 0 Å². The molecule has 0 unspecified atom stereocenters. The molecule has 0 atom stereocenters. The number of carbonyl (C=O) groups is 2. The van der Waals surface area contributed by atoms with Crippen molar-refractivity contribution >= 4 is 11.8 Å². The van der Waals surface area contributed by atoms with Gasteiger partial charge >= 0.3 is 0 Å². The summed E-state index contributed by atoms with van der Waals surface area (Å²) in [4.78, 5) is 23.7. The van der Waals surface area contributed by atoms with Crippen molar-refractivity contribution in [2.24, 2.45) is 0 Å². The van der Waals surface area contributed by atoms with E-state index in [0.29, 0.717) is 23.4 Å². The smallest absolute Gasteiger partial charge is 0.251 e. The molecule has 0 radical (unpaired) electrons. The molecule has 2 rings (SSSR count). The molecule has 2 amide bonds. The number of nitrogens with one attached hydrogen (secondary N) is 2. The number of aromatic hydroxyl groups is 1. The predicted octanol–water partition coefficient (Wildman–Crippen LogP) is 1.56. The minimum absolute atomic E-state index is 0.0328. The summed E-state index contributed by atoms with van der Waals surface area (Å²) in [6, 6.07) is 12.8. The molecule has 0 saturated heterocycles. The normalized spacial score (nSPS) is 9.96. The van der Waals surface area contributed by atoms with Crippen LogP contribution in [0.15, 0.2) is 48.5 Å². The SMILES string of the molecule is COc1ccc(C(=O)NCCNC(=O)c2cccc(O)c2)cc1. The number of amides is 2. The molecule has 0 bridgehead atoms. The lowest BCUT2D eigenvalue weighted by Crippen LogP contribution is -2.34. The number of ether oxygens (including phenoxy) is 1. The Bertz CT molecular complexity index is 683. The number of hydrogen-bond donors (Lipinski definition) is 3. The molecule has 6 heteroatoms. The Morgan fingerprint density at radius 2 is 1.57 bits per heavy atom. The molecule has 6 nitrogen and oxygen atoms in total. The maximum Gasteiger partial charge on any atom is 0.251 e. The summed E-state index contributed by atoms with van der Waals surface area (Å²) in [6.07, 6.45) is 0. The third kappa shape index (κ3) is 4.74. The molecular weight excluding hydrogens is 296 g/mol. The molecule has 0 spiro atoms. The van der Waals surface area contributed by atoms with Crippen LogP contribution in [-0.4, -0.2) is 37.1 Å². The first kappa shape index (κ1) is 16.4. The summed E-state index contributed by atoms with van der Waals surface area (Å²) in [5.74, 6) is 0.184. The molecule has 0 aliphatic heterocycles. The van der Waals surface area contributed by atoms with Gasteiger partial charge in [-0.2, -0.15) is 0 Å². The Kier molecular flexibility index (Phi) is 5.57. The Hall–Kier alpha value is -3.02. The van der Waals surface area contributed by atoms with Crippen molar-refractivity contribution < 1.29 is 19.4 Å². The van der Waals surface area contributed by atoms with Crippen molar-refractivity contribution in [2.75, 3.05) is 20.2 Å². The van der Waals surface area contributed by atoms with Gasteiger partial charge in [-0.15, -0.1) is 0 Å². The van der Waals surface area contributed by atoms with Gasteiger partial charge in [0.05, 0.1) is 7.11 Å². The van der Waals surface area contributed by atoms with E-state index in [0.717, 1.165) is 0 Å². The van der Waals surface area contributed by atoms with Crippen molar-refractivity contribution in [3.05, 3.63) is 59.7 Å². The van der Waals surface area contributed by atoms with E-state index in [1.54, 1.807) is 43.5 Å². The zero-order valence-electron chi connectivity index (χ0n) is 12.7. The van der Waals surface area contributed by atoms with Gasteiger partial charge in [0.15, 0.2) is 0 Å². The molecule has 0 aromatic heterocycles. The average Bonchev–Trinajstić information content (AvgIpc) is 2.58. The zero-order chi connectivity index (χ0) is 16.7. The Morgan fingerprint density at radius 3 is 2.13 bits per heavy atom. The maximum absolute atomic E-state index is 11.9. The second-order valence-electron chi connectivity index (χ2n) is 4.79. The highest BCUT2D eigenvalue weighted by Gasteiger charge is 2.07. The molecule has 0 fully saturated rings. The first-order valence-electron chi connectivity index (χ1n) is 7.09. The number of phenols is 1. The summed E-state index contributed by atoms with van der Waals surface area (Å²) in [7, 11) is 1.56. The fourth-order valence-corrected chi connectivity index (χ4v) is 1.95. The van der Waals surface area contributed by atoms with Gasteiger partial charge in [0.1, 0.15) is 11.5 Å². The molecule has 0 aliphatic carbocycles. The lowest BCUT2D eigenvalue weighted by atomic mass is 10.2. The molecule has 2 aromatic carbocycles. The molecular formula is C17H18N2O4. The lowest BCUT2D eigenvalue weighted by Gasteiger charge is -2.08. The molecule has 0 saturated carbocycles. The first-order valence-corrected chi connectivity index (χ1v) is 7.09. The van der Waals surface area contributed by atoms with Gasteiger partial charge in [-0.1, -0.05) is 6.07 Å². The summed E-state index contributed by atoms with van der Waals surface area (Å²) in [5.41, 5.74) is 0.886. The van der Waals surface area contributed by atoms with E-state index in [1.165, 1.54) is 12.1 Å². The van der Waals surface area contributed by atoms with Crippen LogP contribution in [0, 0.1) is 0 Å². The number of carbonyl (C=O) groups excluding carboxylic acids is 2. The van der Waals surface area contributed by atoms with E-state index in [2.05, 4.69) is 10.6 Å². The third-order valence-corrected chi connectivity index (χ3v) is 3.16. The van der Waals surface area contributed by atoms with Crippen LogP contribution in [0.5, 0.6) is 11.5 Å². The quantitative estimate of drug-likeness (QED) is 0.706. The van der Waals surface area contributed by atoms with Crippen molar-refractivity contribution in [3.8, 4) is 11.5 Å². The van der Waals surface area contributed by atoms with Crippen LogP contribution < -0.4 is 15.4 Å². The van der Waals surface area contributed by atoms with Crippen LogP contribution in [0.4, 0.5) is 0 Å². The Morgan fingerprint density at radius 1 is 0.957 bits per heavy atom. The van der Waals surface area contributed by atoms with Crippen LogP contribution in [0.1, 0.15) is 20.7 Å². The average molecular weight is 314 g/mol. The summed E-state index contributed by atoms with van der Waals surface area (Å²) >= 11 is 0. The van der Waals surface area contributed by atoms with E-state index >= 15 is 0 Å². The maximum atomic E-state index is 11.9. The molecule has 2 aromatic rings. The van der Waals surface area contributed by atoms with Gasteiger partial charge in [0.2, 0.25) is 0 Å². The van der Waals surface area contributed by atoms with E-state index in [9.17, 15) is 14.7 Å². The van der Waals surface area contributed by atoms with Gasteiger partial charge in [-0.05, 0) is 42.5 Å². The fourth-order valence-electron chi connectivity index (χ4n) is 1.95. The second kappa shape index (κ2) is 7.84. The number of rotatable bonds is 6. The minimum atomic E-state index is -0.306. The Labute approximate surface area is 134 Å². The zero-order valence-corrected chi connectivity index (χ0v) is 12.7. The van der Waals surface area contributed by atoms with E-state index in [4.69, 9.17) is 4.74 Å². The Balaban J connectivity index is 1.76. The van der Waals surface area contributed by atoms with Crippen LogP contribution in [0.25, 0.3) is 0 Å². The first-order chi connectivity index (χ1) is 11.1. The van der Waals surface area contributed by atoms with E-state index in [-0.39, 0.29) is 24.1 Å². The topological polar surface area (TPSA) is 87.7 Å². The summed E-state index contributed by atoms with van der Waals surface area (Å²) in [6.45, 7) is 0.589. The predicted molar refractivity (Wildman–Crippen MR) is 85.8 cm³/mol. The van der Waals surface area contributed by atoms with Crippen LogP contribution in [-0.2, 0) is 0 Å². The van der Waals surface area contributed by atoms with Crippen LogP contribution >= 0.6 is 0 Å². The number of phenolic OH excluding ortho intramolecular Hbond substituents is 1. The lowest BCUT2D eigenvalue weighted by molar-refractivity contribution is 0.0927. The van der Waals surface area contributed by atoms with Gasteiger partial charge in [0.25, 0.3) is 11.8 Å². The highest BCUT2D eigenvalue weighted by atomic mass is 16.5. The molecule has 3 N–H and O–H groups in total. The highest BCUT2D eigenvalue weighted by molar-refractivity contribution is 5.95. The van der Waals surface area contributed by atoms with Crippen molar-refractivity contribution in [3.63, 3.8) is 0 Å². The van der Waals surface area contributed by atoms with Crippen LogP contribution in [0.3, 0.4) is 0 Å². The van der Waals surface area contributed by atoms with E-state index in [1.807, 2.05) is 0 Å². The largest absolute Gasteiger partial charge is 0.508 e. The van der Waals surface area contributed by atoms with Crippen molar-refractivity contribution in [2.45, 2.75) is 0 Å². The van der Waals surface area contributed by atoms with Gasteiger partial charge in [-0.3, -0.25) is 9.59 Å². The number of hydrogen-bond acceptors (Lipinski definition) is 4. The second-order valence-corrected chi connectivity index (χ2v) is 4.79. The highest BCUT2D eigenvalue weighted by Crippen LogP contribution is 2.11. The molecule has 23 heavy (non-hydrogen) atoms. The fraction of sp³-hybridized carbons (Fsp3) is 0.176. The van der Waals surface area contributed by atoms with Gasteiger partial charge < -0.3 is 20.5 Å². The monoisotopic (exact) mass is 314 g/mol. The number of methoxy groups -OCH3 is 1. The number of benzene rings is 2. The summed E-state index contributed by atoms with van der Waals surface area (Å²) < 4.78 is 5.03. The van der Waals surface area contributed by atoms with Gasteiger partial charge in [0, 0.05) is 24.2 Å². The summed E-state index contributed by atoms with van der Waals surface area (Å²) in [5, 5.41) is 14.7. The van der Waals surface area contributed by atoms with Crippen molar-refractivity contribution in [1.29, 1.82) is 0 Å². The minimum Gasteiger partial charge on any atom is -0.508 e. The third-order valence-electron chi connectivity index (χ3n) is 3.16. The standard InChI is InChI=1S/C17H18N2O4/c1-23-15-7-5-12(6-8-15)16(21)18-9-10-19-17(22)13-3-2-4-14(20)11-13/h2-8,11,20H,9-10H2,1H3,(H,18,21)(H,19,22). The molecule has 120 valence electrons. The van der Waals surface area contributed by atoms with Crippen molar-refractivity contribution in [1.82, 2.24) is 10.6 Å². The van der Waals surface area contributed by atoms with Gasteiger partial charge in [-0.25, -0.2) is 0 Å². The molecule has 0 heterocycles. The molecule has 0 aliphatic rings. The van der Waals surface area contributed by atoms with E-state index < -0.39 is 0 Å².